The number of aliphatic imine (C=N–C) groups is 1. The molecule has 0 fully saturated rings. The number of aromatic nitrogens is 2. The van der Waals surface area contributed by atoms with Crippen molar-refractivity contribution in [3.05, 3.63) is 12.4 Å². The van der Waals surface area contributed by atoms with Crippen LogP contribution in [0.4, 0.5) is 5.69 Å². The lowest BCUT2D eigenvalue weighted by Crippen LogP contribution is -2.07. The first-order chi connectivity index (χ1) is 6.88. The lowest BCUT2D eigenvalue weighted by Gasteiger charge is -2.00. The van der Waals surface area contributed by atoms with Gasteiger partial charge in [-0.15, -0.1) is 0 Å². The van der Waals surface area contributed by atoms with Gasteiger partial charge >= 0.3 is 0 Å². The van der Waals surface area contributed by atoms with Gasteiger partial charge in [0.25, 0.3) is 0 Å². The monoisotopic (exact) mass is 192 g/mol. The molecule has 0 radical (unpaired) electrons. The van der Waals surface area contributed by atoms with Gasteiger partial charge in [-0.05, 0) is 12.8 Å². The summed E-state index contributed by atoms with van der Waals surface area (Å²) in [6.45, 7) is 4.09. The molecular formula is C10H16N4. The van der Waals surface area contributed by atoms with E-state index in [9.17, 15) is 0 Å². The van der Waals surface area contributed by atoms with E-state index in [2.05, 4.69) is 22.3 Å². The highest BCUT2D eigenvalue weighted by Crippen LogP contribution is 2.10. The maximum Gasteiger partial charge on any atom is 0.101 e. The minimum Gasteiger partial charge on any atom is -0.342 e. The summed E-state index contributed by atoms with van der Waals surface area (Å²) in [6, 6.07) is 0. The van der Waals surface area contributed by atoms with Crippen LogP contribution in [-0.2, 0) is 6.54 Å². The quantitative estimate of drug-likeness (QED) is 0.794. The van der Waals surface area contributed by atoms with E-state index in [4.69, 9.17) is 0 Å². The standard InChI is InChI=1S/C10H16N4/c1-2-6-14-8-9(7-12-14)13-10-4-3-5-11-10/h7-8H,2-6H2,1H3,(H,11,13). The molecule has 0 aliphatic carbocycles. The minimum atomic E-state index is 0.964. The molecule has 0 unspecified atom stereocenters. The van der Waals surface area contributed by atoms with Crippen LogP contribution in [-0.4, -0.2) is 22.2 Å². The number of nitrogens with zero attached hydrogens (tertiary/aromatic N) is 3. The van der Waals surface area contributed by atoms with Crippen LogP contribution in [0.15, 0.2) is 17.4 Å². The van der Waals surface area contributed by atoms with Crippen LogP contribution < -0.4 is 5.32 Å². The summed E-state index contributed by atoms with van der Waals surface area (Å²) in [6.07, 6.45) is 7.24. The van der Waals surface area contributed by atoms with Crippen LogP contribution in [0.1, 0.15) is 26.2 Å². The third-order valence-electron chi connectivity index (χ3n) is 2.25. The molecular weight excluding hydrogens is 176 g/mol. The van der Waals surface area contributed by atoms with E-state index in [1.165, 1.54) is 6.42 Å². The zero-order chi connectivity index (χ0) is 9.80. The van der Waals surface area contributed by atoms with Crippen LogP contribution in [0.2, 0.25) is 0 Å². The normalized spacial score (nSPS) is 15.6. The molecule has 0 bridgehead atoms. The van der Waals surface area contributed by atoms with Gasteiger partial charge in [-0.25, -0.2) is 0 Å². The zero-order valence-corrected chi connectivity index (χ0v) is 8.53. The fourth-order valence-corrected chi connectivity index (χ4v) is 1.59. The van der Waals surface area contributed by atoms with Gasteiger partial charge in [-0.1, -0.05) is 6.92 Å². The van der Waals surface area contributed by atoms with Crippen LogP contribution in [0.25, 0.3) is 0 Å². The van der Waals surface area contributed by atoms with Gasteiger partial charge in [-0.3, -0.25) is 9.67 Å². The van der Waals surface area contributed by atoms with E-state index < -0.39 is 0 Å². The fourth-order valence-electron chi connectivity index (χ4n) is 1.59. The molecule has 0 aromatic carbocycles. The van der Waals surface area contributed by atoms with Crippen LogP contribution in [0, 0.1) is 0 Å². The van der Waals surface area contributed by atoms with E-state index in [0.29, 0.717) is 0 Å². The molecule has 0 saturated carbocycles. The summed E-state index contributed by atoms with van der Waals surface area (Å²) in [4.78, 5) is 4.35. The summed E-state index contributed by atoms with van der Waals surface area (Å²) in [5.74, 6) is 1.10. The molecule has 2 heterocycles. The van der Waals surface area contributed by atoms with Crippen molar-refractivity contribution in [2.75, 3.05) is 11.9 Å². The number of anilines is 1. The Morgan fingerprint density at radius 2 is 2.50 bits per heavy atom. The summed E-state index contributed by atoms with van der Waals surface area (Å²) in [7, 11) is 0. The first kappa shape index (κ1) is 9.24. The number of aryl methyl sites for hydroxylation is 1. The Labute approximate surface area is 84.0 Å². The average Bonchev–Trinajstić information content (AvgIpc) is 2.79. The van der Waals surface area contributed by atoms with Gasteiger partial charge in [-0.2, -0.15) is 5.10 Å². The van der Waals surface area contributed by atoms with Crippen molar-refractivity contribution < 1.29 is 0 Å². The Kier molecular flexibility index (Phi) is 2.81. The Morgan fingerprint density at radius 3 is 3.21 bits per heavy atom. The second-order valence-electron chi connectivity index (χ2n) is 3.55. The van der Waals surface area contributed by atoms with E-state index in [-0.39, 0.29) is 0 Å². The largest absolute Gasteiger partial charge is 0.342 e. The molecule has 1 aromatic heterocycles. The topological polar surface area (TPSA) is 42.2 Å². The number of rotatable bonds is 3. The molecule has 14 heavy (non-hydrogen) atoms. The smallest absolute Gasteiger partial charge is 0.101 e. The molecule has 1 N–H and O–H groups in total. The summed E-state index contributed by atoms with van der Waals surface area (Å²) in [5, 5.41) is 7.53. The van der Waals surface area contributed by atoms with E-state index in [1.54, 1.807) is 0 Å². The van der Waals surface area contributed by atoms with Crippen molar-refractivity contribution >= 4 is 11.5 Å². The highest BCUT2D eigenvalue weighted by Gasteiger charge is 2.06. The second kappa shape index (κ2) is 4.26. The first-order valence-electron chi connectivity index (χ1n) is 5.21. The minimum absolute atomic E-state index is 0.964. The highest BCUT2D eigenvalue weighted by atomic mass is 15.3. The van der Waals surface area contributed by atoms with Gasteiger partial charge in [0.2, 0.25) is 0 Å². The summed E-state index contributed by atoms with van der Waals surface area (Å²) < 4.78 is 1.96. The molecule has 0 amide bonds. The molecule has 0 spiro atoms. The summed E-state index contributed by atoms with van der Waals surface area (Å²) >= 11 is 0. The van der Waals surface area contributed by atoms with Gasteiger partial charge in [0.15, 0.2) is 0 Å². The van der Waals surface area contributed by atoms with E-state index in [0.717, 1.165) is 37.5 Å². The van der Waals surface area contributed by atoms with Crippen molar-refractivity contribution in [2.45, 2.75) is 32.7 Å². The van der Waals surface area contributed by atoms with Gasteiger partial charge < -0.3 is 5.32 Å². The van der Waals surface area contributed by atoms with Crippen molar-refractivity contribution in [3.8, 4) is 0 Å². The molecule has 1 aliphatic rings. The van der Waals surface area contributed by atoms with Crippen molar-refractivity contribution in [1.82, 2.24) is 9.78 Å². The number of nitrogens with one attached hydrogen (secondary N) is 1. The molecule has 1 aromatic rings. The molecule has 0 saturated heterocycles. The van der Waals surface area contributed by atoms with Gasteiger partial charge in [0, 0.05) is 25.7 Å². The number of hydrogen-bond donors (Lipinski definition) is 1. The molecule has 0 atom stereocenters. The van der Waals surface area contributed by atoms with Crippen molar-refractivity contribution in [3.63, 3.8) is 0 Å². The van der Waals surface area contributed by atoms with Crippen LogP contribution >= 0.6 is 0 Å². The SMILES string of the molecule is CCCn1cc(NC2=NCCC2)cn1. The van der Waals surface area contributed by atoms with Gasteiger partial charge in [0.05, 0.1) is 11.9 Å². The molecule has 4 nitrogen and oxygen atoms in total. The average molecular weight is 192 g/mol. The van der Waals surface area contributed by atoms with Crippen LogP contribution in [0.5, 0.6) is 0 Å². The molecule has 2 rings (SSSR count). The Balaban J connectivity index is 1.95. The Morgan fingerprint density at radius 1 is 1.57 bits per heavy atom. The lowest BCUT2D eigenvalue weighted by molar-refractivity contribution is 0.603. The van der Waals surface area contributed by atoms with E-state index in [1.807, 2.05) is 17.1 Å². The summed E-state index contributed by atoms with van der Waals surface area (Å²) in [5.41, 5.74) is 1.05. The van der Waals surface area contributed by atoms with E-state index >= 15 is 0 Å². The van der Waals surface area contributed by atoms with Crippen molar-refractivity contribution in [1.29, 1.82) is 0 Å². The molecule has 4 heteroatoms. The fraction of sp³-hybridized carbons (Fsp3) is 0.600. The second-order valence-corrected chi connectivity index (χ2v) is 3.55. The maximum absolute atomic E-state index is 4.35. The Hall–Kier alpha value is -1.32. The molecule has 1 aliphatic heterocycles. The third-order valence-corrected chi connectivity index (χ3v) is 2.25. The number of amidine groups is 1. The Bertz CT molecular complexity index is 327. The zero-order valence-electron chi connectivity index (χ0n) is 8.53. The van der Waals surface area contributed by atoms with Gasteiger partial charge in [0.1, 0.15) is 5.84 Å². The van der Waals surface area contributed by atoms with Crippen LogP contribution in [0.3, 0.4) is 0 Å². The number of hydrogen-bond acceptors (Lipinski definition) is 3. The van der Waals surface area contributed by atoms with Crippen molar-refractivity contribution in [2.24, 2.45) is 4.99 Å². The molecule has 76 valence electrons. The maximum atomic E-state index is 4.35. The predicted molar refractivity (Wildman–Crippen MR) is 57.7 cm³/mol. The highest BCUT2D eigenvalue weighted by molar-refractivity contribution is 5.96. The lowest BCUT2D eigenvalue weighted by atomic mass is 10.3. The predicted octanol–water partition coefficient (Wildman–Crippen LogP) is 1.90. The third kappa shape index (κ3) is 2.13. The first-order valence-corrected chi connectivity index (χ1v) is 5.21.